The van der Waals surface area contributed by atoms with Crippen molar-refractivity contribution >= 4 is 21.6 Å². The molecule has 0 radical (unpaired) electrons. The smallest absolute Gasteiger partial charge is 0.257 e. The molecule has 0 saturated carbocycles. The van der Waals surface area contributed by atoms with Gasteiger partial charge in [0, 0.05) is 31.1 Å². The Labute approximate surface area is 117 Å². The molecule has 20 heavy (non-hydrogen) atoms. The zero-order valence-corrected chi connectivity index (χ0v) is 12.2. The summed E-state index contributed by atoms with van der Waals surface area (Å²) < 4.78 is 24.6. The van der Waals surface area contributed by atoms with Gasteiger partial charge >= 0.3 is 0 Å². The molecule has 0 aliphatic heterocycles. The van der Waals surface area contributed by atoms with E-state index in [0.717, 1.165) is 6.26 Å². The SMILES string of the molecule is Cc1ccc(S(C)(=O)=O)cc1C(=O)Nc1ccn(C)n1. The first-order valence-electron chi connectivity index (χ1n) is 5.89. The van der Waals surface area contributed by atoms with Gasteiger partial charge in [-0.3, -0.25) is 9.48 Å². The minimum atomic E-state index is -3.34. The molecule has 0 spiro atoms. The number of aryl methyl sites for hydroxylation is 2. The zero-order valence-electron chi connectivity index (χ0n) is 11.4. The van der Waals surface area contributed by atoms with E-state index in [1.165, 1.54) is 12.1 Å². The Balaban J connectivity index is 2.34. The molecule has 0 atom stereocenters. The van der Waals surface area contributed by atoms with Crippen LogP contribution in [-0.2, 0) is 16.9 Å². The van der Waals surface area contributed by atoms with Crippen molar-refractivity contribution < 1.29 is 13.2 Å². The molecule has 1 aromatic carbocycles. The molecule has 2 rings (SSSR count). The highest BCUT2D eigenvalue weighted by atomic mass is 32.2. The average Bonchev–Trinajstić information content (AvgIpc) is 2.73. The lowest BCUT2D eigenvalue weighted by Crippen LogP contribution is -2.15. The lowest BCUT2D eigenvalue weighted by atomic mass is 10.1. The van der Waals surface area contributed by atoms with E-state index in [1.54, 1.807) is 37.0 Å². The topological polar surface area (TPSA) is 81.1 Å². The number of sulfone groups is 1. The van der Waals surface area contributed by atoms with Crippen molar-refractivity contribution in [2.75, 3.05) is 11.6 Å². The molecule has 1 amide bonds. The molecule has 1 aromatic heterocycles. The van der Waals surface area contributed by atoms with Crippen molar-refractivity contribution in [3.63, 3.8) is 0 Å². The van der Waals surface area contributed by atoms with Gasteiger partial charge in [0.15, 0.2) is 15.7 Å². The van der Waals surface area contributed by atoms with Gasteiger partial charge in [0.25, 0.3) is 5.91 Å². The van der Waals surface area contributed by atoms with Crippen LogP contribution in [0.4, 0.5) is 5.82 Å². The third-order valence-electron chi connectivity index (χ3n) is 2.84. The number of carbonyl (C=O) groups is 1. The summed E-state index contributed by atoms with van der Waals surface area (Å²) >= 11 is 0. The van der Waals surface area contributed by atoms with E-state index in [2.05, 4.69) is 10.4 Å². The minimum absolute atomic E-state index is 0.120. The van der Waals surface area contributed by atoms with Crippen molar-refractivity contribution in [2.24, 2.45) is 7.05 Å². The summed E-state index contributed by atoms with van der Waals surface area (Å²) in [5.41, 5.74) is 1.02. The third kappa shape index (κ3) is 3.05. The van der Waals surface area contributed by atoms with E-state index >= 15 is 0 Å². The molecule has 0 saturated heterocycles. The number of anilines is 1. The second kappa shape index (κ2) is 5.09. The fourth-order valence-corrected chi connectivity index (χ4v) is 2.39. The maximum atomic E-state index is 12.2. The molecular weight excluding hydrogens is 278 g/mol. The van der Waals surface area contributed by atoms with Crippen LogP contribution in [-0.4, -0.2) is 30.4 Å². The number of rotatable bonds is 3. The summed E-state index contributed by atoms with van der Waals surface area (Å²) in [6, 6.07) is 6.14. The van der Waals surface area contributed by atoms with Crippen LogP contribution in [0, 0.1) is 6.92 Å². The average molecular weight is 293 g/mol. The molecule has 1 N–H and O–H groups in total. The number of hydrogen-bond acceptors (Lipinski definition) is 4. The van der Waals surface area contributed by atoms with E-state index in [9.17, 15) is 13.2 Å². The van der Waals surface area contributed by atoms with Crippen LogP contribution in [0.2, 0.25) is 0 Å². The lowest BCUT2D eigenvalue weighted by Gasteiger charge is -2.07. The standard InChI is InChI=1S/C13H15N3O3S/c1-9-4-5-10(20(3,18)19)8-11(9)13(17)14-12-6-7-16(2)15-12/h4-8H,1-3H3,(H,14,15,17). The van der Waals surface area contributed by atoms with Crippen LogP contribution < -0.4 is 5.32 Å². The molecular formula is C13H15N3O3S. The third-order valence-corrected chi connectivity index (χ3v) is 3.95. The summed E-state index contributed by atoms with van der Waals surface area (Å²) in [5, 5.41) is 6.68. The number of aromatic nitrogens is 2. The second-order valence-electron chi connectivity index (χ2n) is 4.58. The van der Waals surface area contributed by atoms with Crippen molar-refractivity contribution in [2.45, 2.75) is 11.8 Å². The van der Waals surface area contributed by atoms with Crippen LogP contribution in [0.25, 0.3) is 0 Å². The number of nitrogens with one attached hydrogen (secondary N) is 1. The van der Waals surface area contributed by atoms with Gasteiger partial charge in [0.05, 0.1) is 4.90 Å². The Morgan fingerprint density at radius 3 is 2.55 bits per heavy atom. The Morgan fingerprint density at radius 1 is 1.30 bits per heavy atom. The highest BCUT2D eigenvalue weighted by molar-refractivity contribution is 7.90. The predicted octanol–water partition coefficient (Wildman–Crippen LogP) is 1.38. The molecule has 0 bridgehead atoms. The number of nitrogens with zero attached hydrogens (tertiary/aromatic N) is 2. The van der Waals surface area contributed by atoms with Crippen LogP contribution in [0.5, 0.6) is 0 Å². The molecule has 106 valence electrons. The molecule has 0 aliphatic rings. The fourth-order valence-electron chi connectivity index (χ4n) is 1.74. The Bertz CT molecular complexity index is 763. The number of hydrogen-bond donors (Lipinski definition) is 1. The summed E-state index contributed by atoms with van der Waals surface area (Å²) in [7, 11) is -1.60. The fraction of sp³-hybridized carbons (Fsp3) is 0.231. The van der Waals surface area contributed by atoms with Crippen molar-refractivity contribution in [3.05, 3.63) is 41.6 Å². The number of amides is 1. The number of benzene rings is 1. The maximum Gasteiger partial charge on any atom is 0.257 e. The molecule has 0 unspecified atom stereocenters. The van der Waals surface area contributed by atoms with E-state index in [1.807, 2.05) is 0 Å². The Morgan fingerprint density at radius 2 is 2.00 bits per heavy atom. The van der Waals surface area contributed by atoms with Gasteiger partial charge in [0.2, 0.25) is 0 Å². The van der Waals surface area contributed by atoms with Gasteiger partial charge in [-0.15, -0.1) is 0 Å². The van der Waals surface area contributed by atoms with Gasteiger partial charge in [0.1, 0.15) is 0 Å². The molecule has 6 nitrogen and oxygen atoms in total. The van der Waals surface area contributed by atoms with E-state index < -0.39 is 9.84 Å². The first kappa shape index (κ1) is 14.3. The molecule has 0 fully saturated rings. The lowest BCUT2D eigenvalue weighted by molar-refractivity contribution is 0.102. The quantitative estimate of drug-likeness (QED) is 0.927. The van der Waals surface area contributed by atoms with Gasteiger partial charge in [-0.25, -0.2) is 8.42 Å². The summed E-state index contributed by atoms with van der Waals surface area (Å²) in [5.74, 6) is 0.0355. The first-order valence-corrected chi connectivity index (χ1v) is 7.78. The normalized spacial score (nSPS) is 11.3. The summed E-state index contributed by atoms with van der Waals surface area (Å²) in [6.45, 7) is 1.75. The van der Waals surface area contributed by atoms with E-state index in [-0.39, 0.29) is 10.8 Å². The predicted molar refractivity (Wildman–Crippen MR) is 75.5 cm³/mol. The maximum absolute atomic E-state index is 12.2. The molecule has 7 heteroatoms. The number of carbonyl (C=O) groups excluding carboxylic acids is 1. The van der Waals surface area contributed by atoms with Gasteiger partial charge in [-0.2, -0.15) is 5.10 Å². The second-order valence-corrected chi connectivity index (χ2v) is 6.59. The summed E-state index contributed by atoms with van der Waals surface area (Å²) in [6.07, 6.45) is 2.81. The van der Waals surface area contributed by atoms with Crippen LogP contribution >= 0.6 is 0 Å². The van der Waals surface area contributed by atoms with E-state index in [4.69, 9.17) is 0 Å². The minimum Gasteiger partial charge on any atom is -0.305 e. The van der Waals surface area contributed by atoms with Crippen LogP contribution in [0.15, 0.2) is 35.4 Å². The Kier molecular flexibility index (Phi) is 3.63. The first-order chi connectivity index (χ1) is 9.27. The van der Waals surface area contributed by atoms with Gasteiger partial charge in [-0.05, 0) is 24.6 Å². The van der Waals surface area contributed by atoms with Crippen molar-refractivity contribution in [1.29, 1.82) is 0 Å². The van der Waals surface area contributed by atoms with E-state index in [0.29, 0.717) is 16.9 Å². The highest BCUT2D eigenvalue weighted by Crippen LogP contribution is 2.17. The summed E-state index contributed by atoms with van der Waals surface area (Å²) in [4.78, 5) is 12.3. The monoisotopic (exact) mass is 293 g/mol. The molecule has 0 aliphatic carbocycles. The largest absolute Gasteiger partial charge is 0.305 e. The van der Waals surface area contributed by atoms with Crippen molar-refractivity contribution in [1.82, 2.24) is 9.78 Å². The van der Waals surface area contributed by atoms with Gasteiger partial charge < -0.3 is 5.32 Å². The van der Waals surface area contributed by atoms with Crippen LogP contribution in [0.1, 0.15) is 15.9 Å². The van der Waals surface area contributed by atoms with Gasteiger partial charge in [-0.1, -0.05) is 6.07 Å². The molecule has 2 aromatic rings. The highest BCUT2D eigenvalue weighted by Gasteiger charge is 2.15. The van der Waals surface area contributed by atoms with Crippen molar-refractivity contribution in [3.8, 4) is 0 Å². The molecule has 1 heterocycles. The van der Waals surface area contributed by atoms with Crippen LogP contribution in [0.3, 0.4) is 0 Å². The zero-order chi connectivity index (χ0) is 14.9. The Hall–Kier alpha value is -2.15.